The molecule has 3 heterocycles. The second-order valence-corrected chi connectivity index (χ2v) is 7.70. The molecule has 1 amide bonds. The molecule has 5 rings (SSSR count). The summed E-state index contributed by atoms with van der Waals surface area (Å²) in [5, 5.41) is 7.37. The molecule has 4 aromatic rings. The van der Waals surface area contributed by atoms with Gasteiger partial charge in [0.25, 0.3) is 5.91 Å². The number of hydrogen-bond donors (Lipinski definition) is 1. The molecule has 2 aromatic heterocycles. The number of rotatable bonds is 4. The van der Waals surface area contributed by atoms with E-state index in [1.165, 1.54) is 12.1 Å². The van der Waals surface area contributed by atoms with Gasteiger partial charge in [-0.05, 0) is 61.9 Å². The van der Waals surface area contributed by atoms with E-state index in [1.54, 1.807) is 35.1 Å². The van der Waals surface area contributed by atoms with E-state index in [4.69, 9.17) is 4.74 Å². The maximum atomic E-state index is 13.2. The average molecular weight is 417 g/mol. The van der Waals surface area contributed by atoms with Gasteiger partial charge in [-0.1, -0.05) is 0 Å². The summed E-state index contributed by atoms with van der Waals surface area (Å²) in [5.41, 5.74) is 3.65. The summed E-state index contributed by atoms with van der Waals surface area (Å²) in [6.07, 6.45) is 2.48. The van der Waals surface area contributed by atoms with Crippen LogP contribution in [0.25, 0.3) is 16.9 Å². The van der Waals surface area contributed by atoms with Gasteiger partial charge >= 0.3 is 0 Å². The fourth-order valence-corrected chi connectivity index (χ4v) is 3.68. The van der Waals surface area contributed by atoms with Crippen molar-refractivity contribution in [1.29, 1.82) is 0 Å². The Bertz CT molecular complexity index is 1290. The SMILES string of the molecule is CC1Cc2cc(C(=O)N[C@@H](C)c3nc4cc(-c5ccc(F)cc5)ncn4n3)ccc2O1. The minimum Gasteiger partial charge on any atom is -0.490 e. The van der Waals surface area contributed by atoms with Crippen LogP contribution in [0.2, 0.25) is 0 Å². The molecule has 8 heteroatoms. The second-order valence-electron chi connectivity index (χ2n) is 7.70. The first-order valence-electron chi connectivity index (χ1n) is 10.0. The minimum atomic E-state index is -0.398. The summed E-state index contributed by atoms with van der Waals surface area (Å²) in [5.74, 6) is 0.816. The molecule has 0 bridgehead atoms. The summed E-state index contributed by atoms with van der Waals surface area (Å²) in [6, 6.07) is 13.0. The van der Waals surface area contributed by atoms with Crippen molar-refractivity contribution < 1.29 is 13.9 Å². The van der Waals surface area contributed by atoms with Crippen molar-refractivity contribution in [3.8, 4) is 17.0 Å². The molecule has 31 heavy (non-hydrogen) atoms. The monoisotopic (exact) mass is 417 g/mol. The number of carbonyl (C=O) groups excluding carboxylic acids is 1. The molecule has 0 fully saturated rings. The first-order chi connectivity index (χ1) is 15.0. The molecule has 0 radical (unpaired) electrons. The van der Waals surface area contributed by atoms with E-state index in [9.17, 15) is 9.18 Å². The number of halogens is 1. The van der Waals surface area contributed by atoms with Crippen LogP contribution in [0.1, 0.15) is 41.6 Å². The molecule has 1 unspecified atom stereocenters. The first-order valence-corrected chi connectivity index (χ1v) is 10.0. The predicted molar refractivity (Wildman–Crippen MR) is 112 cm³/mol. The molecule has 7 nitrogen and oxygen atoms in total. The van der Waals surface area contributed by atoms with Crippen LogP contribution in [0.5, 0.6) is 5.75 Å². The van der Waals surface area contributed by atoms with Crippen molar-refractivity contribution in [3.63, 3.8) is 0 Å². The van der Waals surface area contributed by atoms with E-state index in [1.807, 2.05) is 26.0 Å². The maximum absolute atomic E-state index is 13.2. The summed E-state index contributed by atoms with van der Waals surface area (Å²) in [6.45, 7) is 3.84. The van der Waals surface area contributed by atoms with Crippen LogP contribution < -0.4 is 10.1 Å². The highest BCUT2D eigenvalue weighted by Crippen LogP contribution is 2.29. The smallest absolute Gasteiger partial charge is 0.251 e. The summed E-state index contributed by atoms with van der Waals surface area (Å²) >= 11 is 0. The van der Waals surface area contributed by atoms with Gasteiger partial charge in [0.05, 0.1) is 11.7 Å². The quantitative estimate of drug-likeness (QED) is 0.547. The first kappa shape index (κ1) is 19.2. The van der Waals surface area contributed by atoms with Gasteiger partial charge in [0.2, 0.25) is 0 Å². The molecule has 2 atom stereocenters. The van der Waals surface area contributed by atoms with Gasteiger partial charge in [0.15, 0.2) is 11.5 Å². The van der Waals surface area contributed by atoms with Crippen LogP contribution in [0.3, 0.4) is 0 Å². The lowest BCUT2D eigenvalue weighted by molar-refractivity contribution is 0.0938. The Morgan fingerprint density at radius 1 is 1.23 bits per heavy atom. The molecule has 2 aromatic carbocycles. The van der Waals surface area contributed by atoms with Crippen LogP contribution in [0.4, 0.5) is 4.39 Å². The van der Waals surface area contributed by atoms with Gasteiger partial charge in [-0.15, -0.1) is 5.10 Å². The standard InChI is InChI=1S/C23H20FN5O2/c1-13-9-17-10-16(5-8-20(17)31-13)23(30)26-14(2)22-27-21-11-19(25-12-29(21)28-22)15-3-6-18(24)7-4-15/h3-8,10-14H,9H2,1-2H3,(H,26,30)/t13?,14-/m0/s1. The van der Waals surface area contributed by atoms with E-state index in [0.29, 0.717) is 22.7 Å². The highest BCUT2D eigenvalue weighted by atomic mass is 19.1. The number of amides is 1. The number of aromatic nitrogens is 4. The fourth-order valence-electron chi connectivity index (χ4n) is 3.68. The highest BCUT2D eigenvalue weighted by Gasteiger charge is 2.22. The fraction of sp³-hybridized carbons (Fsp3) is 0.217. The second kappa shape index (κ2) is 7.46. The third kappa shape index (κ3) is 3.72. The van der Waals surface area contributed by atoms with Crippen molar-refractivity contribution in [2.24, 2.45) is 0 Å². The molecular weight excluding hydrogens is 397 g/mol. The van der Waals surface area contributed by atoms with Gasteiger partial charge in [0, 0.05) is 23.6 Å². The van der Waals surface area contributed by atoms with Gasteiger partial charge in [-0.25, -0.2) is 18.9 Å². The molecule has 1 aliphatic heterocycles. The van der Waals surface area contributed by atoms with Gasteiger partial charge in [-0.3, -0.25) is 4.79 Å². The van der Waals surface area contributed by atoms with E-state index in [0.717, 1.165) is 23.3 Å². The van der Waals surface area contributed by atoms with Crippen molar-refractivity contribution in [3.05, 3.63) is 77.6 Å². The van der Waals surface area contributed by atoms with E-state index in [-0.39, 0.29) is 17.8 Å². The van der Waals surface area contributed by atoms with Gasteiger partial charge < -0.3 is 10.1 Å². The molecule has 0 spiro atoms. The summed E-state index contributed by atoms with van der Waals surface area (Å²) in [7, 11) is 0. The zero-order valence-corrected chi connectivity index (χ0v) is 17.0. The lowest BCUT2D eigenvalue weighted by atomic mass is 10.1. The number of fused-ring (bicyclic) bond motifs is 2. The maximum Gasteiger partial charge on any atom is 0.251 e. The Balaban J connectivity index is 1.35. The average Bonchev–Trinajstić information content (AvgIpc) is 3.35. The van der Waals surface area contributed by atoms with E-state index < -0.39 is 6.04 Å². The van der Waals surface area contributed by atoms with Crippen LogP contribution in [-0.2, 0) is 6.42 Å². The molecule has 1 N–H and O–H groups in total. The molecule has 156 valence electrons. The molecule has 1 aliphatic rings. The molecular formula is C23H20FN5O2. The van der Waals surface area contributed by atoms with E-state index in [2.05, 4.69) is 20.4 Å². The van der Waals surface area contributed by atoms with Crippen LogP contribution in [0, 0.1) is 5.82 Å². The summed E-state index contributed by atoms with van der Waals surface area (Å²) < 4.78 is 20.4. The van der Waals surface area contributed by atoms with Gasteiger partial charge in [-0.2, -0.15) is 0 Å². The Kier molecular flexibility index (Phi) is 4.62. The lowest BCUT2D eigenvalue weighted by Crippen LogP contribution is -2.27. The Labute approximate surface area is 177 Å². The molecule has 0 saturated heterocycles. The Morgan fingerprint density at radius 3 is 2.84 bits per heavy atom. The summed E-state index contributed by atoms with van der Waals surface area (Å²) in [4.78, 5) is 21.6. The van der Waals surface area contributed by atoms with Crippen molar-refractivity contribution in [2.75, 3.05) is 0 Å². The van der Waals surface area contributed by atoms with Crippen molar-refractivity contribution >= 4 is 11.6 Å². The number of nitrogens with zero attached hydrogens (tertiary/aromatic N) is 4. The van der Waals surface area contributed by atoms with Gasteiger partial charge in [0.1, 0.15) is 24.0 Å². The Morgan fingerprint density at radius 2 is 2.03 bits per heavy atom. The molecule has 0 aliphatic carbocycles. The van der Waals surface area contributed by atoms with Crippen LogP contribution in [0.15, 0.2) is 54.9 Å². The molecule has 0 saturated carbocycles. The third-order valence-electron chi connectivity index (χ3n) is 5.28. The van der Waals surface area contributed by atoms with E-state index >= 15 is 0 Å². The number of carbonyl (C=O) groups is 1. The van der Waals surface area contributed by atoms with Crippen LogP contribution >= 0.6 is 0 Å². The zero-order chi connectivity index (χ0) is 21.5. The number of benzene rings is 2. The normalized spacial score (nSPS) is 16.0. The number of nitrogens with one attached hydrogen (secondary N) is 1. The third-order valence-corrected chi connectivity index (χ3v) is 5.28. The minimum absolute atomic E-state index is 0.128. The lowest BCUT2D eigenvalue weighted by Gasteiger charge is -2.11. The topological polar surface area (TPSA) is 81.4 Å². The largest absolute Gasteiger partial charge is 0.490 e. The van der Waals surface area contributed by atoms with Crippen LogP contribution in [-0.4, -0.2) is 31.6 Å². The number of hydrogen-bond acceptors (Lipinski definition) is 5. The van der Waals surface area contributed by atoms with Crippen molar-refractivity contribution in [1.82, 2.24) is 24.9 Å². The number of ether oxygens (including phenoxy) is 1. The Hall–Kier alpha value is -3.81. The predicted octanol–water partition coefficient (Wildman–Crippen LogP) is 3.74. The van der Waals surface area contributed by atoms with Crippen molar-refractivity contribution in [2.45, 2.75) is 32.4 Å². The zero-order valence-electron chi connectivity index (χ0n) is 17.0. The highest BCUT2D eigenvalue weighted by molar-refractivity contribution is 5.94.